The zero-order chi connectivity index (χ0) is 23.3. The van der Waals surface area contributed by atoms with Gasteiger partial charge in [-0.05, 0) is 43.7 Å². The maximum Gasteiger partial charge on any atom is 0.262 e. The van der Waals surface area contributed by atoms with Crippen molar-refractivity contribution < 1.29 is 23.8 Å². The summed E-state index contributed by atoms with van der Waals surface area (Å²) >= 11 is 0. The summed E-state index contributed by atoms with van der Waals surface area (Å²) in [5.41, 5.74) is 2.24. The molecule has 2 atom stereocenters. The fourth-order valence-electron chi connectivity index (χ4n) is 3.64. The Labute approximate surface area is 189 Å². The van der Waals surface area contributed by atoms with Crippen molar-refractivity contribution in [3.63, 3.8) is 0 Å². The van der Waals surface area contributed by atoms with Gasteiger partial charge in [0, 0.05) is 33.4 Å². The number of hydrogen-bond donors (Lipinski definition) is 1. The van der Waals surface area contributed by atoms with E-state index >= 15 is 0 Å². The Kier molecular flexibility index (Phi) is 7.58. The van der Waals surface area contributed by atoms with Gasteiger partial charge in [0.1, 0.15) is 6.17 Å². The summed E-state index contributed by atoms with van der Waals surface area (Å²) in [5, 5.41) is 3.46. The van der Waals surface area contributed by atoms with Crippen LogP contribution in [0.5, 0.6) is 11.5 Å². The molecule has 172 valence electrons. The van der Waals surface area contributed by atoms with Gasteiger partial charge in [0.15, 0.2) is 17.6 Å². The molecule has 1 aliphatic rings. The number of likely N-dealkylation sites (N-methyl/N-ethyl adjacent to an activating group) is 1. The monoisotopic (exact) mass is 441 g/mol. The predicted octanol–water partition coefficient (Wildman–Crippen LogP) is 3.15. The molecule has 8 heteroatoms. The molecular weight excluding hydrogens is 410 g/mol. The van der Waals surface area contributed by atoms with Crippen molar-refractivity contribution in [1.82, 2.24) is 9.80 Å². The van der Waals surface area contributed by atoms with Crippen LogP contribution in [-0.4, -0.2) is 68.7 Å². The van der Waals surface area contributed by atoms with E-state index in [2.05, 4.69) is 5.32 Å². The number of carbonyl (C=O) groups excluding carboxylic acids is 2. The number of fused-ring (bicyclic) bond motifs is 1. The number of nitrogens with one attached hydrogen (secondary N) is 1. The smallest absolute Gasteiger partial charge is 0.262 e. The SMILES string of the molecule is CCOc1cc([C@H]2Nc3ccccc3C(=O)N2CCOC)ccc1O[C@@H](C)C(=O)N(C)C. The summed E-state index contributed by atoms with van der Waals surface area (Å²) in [6, 6.07) is 13.0. The van der Waals surface area contributed by atoms with Gasteiger partial charge in [-0.1, -0.05) is 18.2 Å². The van der Waals surface area contributed by atoms with Crippen LogP contribution in [0, 0.1) is 0 Å². The van der Waals surface area contributed by atoms with Gasteiger partial charge in [0.2, 0.25) is 0 Å². The molecule has 0 saturated heterocycles. The summed E-state index contributed by atoms with van der Waals surface area (Å²) in [7, 11) is 4.99. The highest BCUT2D eigenvalue weighted by atomic mass is 16.5. The molecular formula is C24H31N3O5. The number of hydrogen-bond acceptors (Lipinski definition) is 6. The third-order valence-corrected chi connectivity index (χ3v) is 5.23. The molecule has 2 aromatic carbocycles. The molecule has 8 nitrogen and oxygen atoms in total. The Morgan fingerprint density at radius 3 is 2.62 bits per heavy atom. The Hall–Kier alpha value is -3.26. The fraction of sp³-hybridized carbons (Fsp3) is 0.417. The number of anilines is 1. The second-order valence-corrected chi connectivity index (χ2v) is 7.72. The van der Waals surface area contributed by atoms with E-state index < -0.39 is 12.3 Å². The van der Waals surface area contributed by atoms with Crippen LogP contribution in [0.4, 0.5) is 5.69 Å². The lowest BCUT2D eigenvalue weighted by atomic mass is 10.0. The summed E-state index contributed by atoms with van der Waals surface area (Å²) in [5.74, 6) is 0.788. The topological polar surface area (TPSA) is 80.3 Å². The molecule has 2 amide bonds. The van der Waals surface area contributed by atoms with E-state index in [-0.39, 0.29) is 11.8 Å². The van der Waals surface area contributed by atoms with Crippen molar-refractivity contribution in [3.8, 4) is 11.5 Å². The van der Waals surface area contributed by atoms with Crippen LogP contribution >= 0.6 is 0 Å². The summed E-state index contributed by atoms with van der Waals surface area (Å²) in [6.45, 7) is 4.86. The van der Waals surface area contributed by atoms with Gasteiger partial charge >= 0.3 is 0 Å². The van der Waals surface area contributed by atoms with Gasteiger partial charge in [-0.2, -0.15) is 0 Å². The van der Waals surface area contributed by atoms with Gasteiger partial charge in [-0.15, -0.1) is 0 Å². The van der Waals surface area contributed by atoms with Crippen molar-refractivity contribution >= 4 is 17.5 Å². The van der Waals surface area contributed by atoms with Crippen molar-refractivity contribution in [2.45, 2.75) is 26.1 Å². The third kappa shape index (κ3) is 4.96. The highest BCUT2D eigenvalue weighted by Crippen LogP contribution is 2.37. The molecule has 1 heterocycles. The Bertz CT molecular complexity index is 962. The maximum absolute atomic E-state index is 13.2. The highest BCUT2D eigenvalue weighted by molar-refractivity contribution is 6.01. The fourth-order valence-corrected chi connectivity index (χ4v) is 3.64. The number of amides is 2. The first-order valence-electron chi connectivity index (χ1n) is 10.7. The van der Waals surface area contributed by atoms with Crippen LogP contribution in [0.1, 0.15) is 35.9 Å². The van der Waals surface area contributed by atoms with Gasteiger partial charge in [-0.3, -0.25) is 9.59 Å². The second kappa shape index (κ2) is 10.4. The average Bonchev–Trinajstić information content (AvgIpc) is 2.79. The molecule has 1 N–H and O–H groups in total. The molecule has 0 aliphatic carbocycles. The Morgan fingerprint density at radius 1 is 1.19 bits per heavy atom. The molecule has 0 radical (unpaired) electrons. The summed E-state index contributed by atoms with van der Waals surface area (Å²) in [6.07, 6.45) is -1.06. The first kappa shape index (κ1) is 23.4. The molecule has 0 bridgehead atoms. The molecule has 32 heavy (non-hydrogen) atoms. The minimum absolute atomic E-state index is 0.0649. The van der Waals surface area contributed by atoms with Crippen LogP contribution in [-0.2, 0) is 9.53 Å². The quantitative estimate of drug-likeness (QED) is 0.644. The van der Waals surface area contributed by atoms with Crippen LogP contribution < -0.4 is 14.8 Å². The van der Waals surface area contributed by atoms with E-state index in [1.165, 1.54) is 4.90 Å². The molecule has 2 aromatic rings. The van der Waals surface area contributed by atoms with E-state index in [0.29, 0.717) is 36.8 Å². The zero-order valence-corrected chi connectivity index (χ0v) is 19.3. The average molecular weight is 442 g/mol. The van der Waals surface area contributed by atoms with Gasteiger partial charge in [-0.25, -0.2) is 0 Å². The van der Waals surface area contributed by atoms with Crippen LogP contribution in [0.15, 0.2) is 42.5 Å². The number of methoxy groups -OCH3 is 1. The van der Waals surface area contributed by atoms with E-state index in [1.807, 2.05) is 43.3 Å². The molecule has 0 saturated carbocycles. The summed E-state index contributed by atoms with van der Waals surface area (Å²) in [4.78, 5) is 28.7. The number of ether oxygens (including phenoxy) is 3. The number of carbonyl (C=O) groups is 2. The van der Waals surface area contributed by atoms with E-state index in [0.717, 1.165) is 11.3 Å². The van der Waals surface area contributed by atoms with Crippen LogP contribution in [0.2, 0.25) is 0 Å². The van der Waals surface area contributed by atoms with E-state index in [4.69, 9.17) is 14.2 Å². The standard InChI is InChI=1S/C24H31N3O5/c1-6-31-21-15-17(11-12-20(21)32-16(2)23(28)26(3)4)22-25-19-10-8-7-9-18(19)24(29)27(22)13-14-30-5/h7-12,15-16,22,25H,6,13-14H2,1-5H3/t16-,22-/m0/s1. The lowest BCUT2D eigenvalue weighted by Crippen LogP contribution is -2.44. The second-order valence-electron chi connectivity index (χ2n) is 7.72. The van der Waals surface area contributed by atoms with Crippen molar-refractivity contribution in [2.75, 3.05) is 46.3 Å². The van der Waals surface area contributed by atoms with Gasteiger partial charge in [0.05, 0.1) is 18.8 Å². The molecule has 1 aliphatic heterocycles. The lowest BCUT2D eigenvalue weighted by Gasteiger charge is -2.38. The van der Waals surface area contributed by atoms with Crippen molar-refractivity contribution in [3.05, 3.63) is 53.6 Å². The Morgan fingerprint density at radius 2 is 1.94 bits per heavy atom. The van der Waals surface area contributed by atoms with E-state index in [1.54, 1.807) is 39.1 Å². The maximum atomic E-state index is 13.2. The molecule has 0 spiro atoms. The first-order valence-corrected chi connectivity index (χ1v) is 10.7. The minimum atomic E-state index is -0.658. The largest absolute Gasteiger partial charge is 0.490 e. The normalized spacial score (nSPS) is 16.1. The molecule has 3 rings (SSSR count). The highest BCUT2D eigenvalue weighted by Gasteiger charge is 2.33. The Balaban J connectivity index is 1.95. The number of benzene rings is 2. The van der Waals surface area contributed by atoms with Crippen LogP contribution in [0.3, 0.4) is 0 Å². The zero-order valence-electron chi connectivity index (χ0n) is 19.3. The van der Waals surface area contributed by atoms with E-state index in [9.17, 15) is 9.59 Å². The number of rotatable bonds is 9. The van der Waals surface area contributed by atoms with Crippen molar-refractivity contribution in [1.29, 1.82) is 0 Å². The van der Waals surface area contributed by atoms with Gasteiger partial charge < -0.3 is 29.3 Å². The lowest BCUT2D eigenvalue weighted by molar-refractivity contribution is -0.135. The minimum Gasteiger partial charge on any atom is -0.490 e. The number of para-hydroxylation sites is 1. The number of nitrogens with zero attached hydrogens (tertiary/aromatic N) is 2. The predicted molar refractivity (Wildman–Crippen MR) is 122 cm³/mol. The molecule has 0 aromatic heterocycles. The third-order valence-electron chi connectivity index (χ3n) is 5.23. The summed E-state index contributed by atoms with van der Waals surface area (Å²) < 4.78 is 16.9. The first-order chi connectivity index (χ1) is 15.4. The molecule has 0 fully saturated rings. The van der Waals surface area contributed by atoms with Crippen LogP contribution in [0.25, 0.3) is 0 Å². The van der Waals surface area contributed by atoms with Crippen molar-refractivity contribution in [2.24, 2.45) is 0 Å². The molecule has 0 unspecified atom stereocenters. The van der Waals surface area contributed by atoms with Gasteiger partial charge in [0.25, 0.3) is 11.8 Å².